The van der Waals surface area contributed by atoms with E-state index >= 15 is 0 Å². The van der Waals surface area contributed by atoms with Gasteiger partial charge in [0.05, 0.1) is 17.7 Å². The lowest BCUT2D eigenvalue weighted by Crippen LogP contribution is -2.56. The van der Waals surface area contributed by atoms with E-state index in [1.807, 2.05) is 58.0 Å². The third-order valence-electron chi connectivity index (χ3n) is 7.28. The lowest BCUT2D eigenvalue weighted by Gasteiger charge is -2.35. The number of hydrogen-bond acceptors (Lipinski definition) is 5. The summed E-state index contributed by atoms with van der Waals surface area (Å²) in [5.41, 5.74) is 2.18. The number of rotatable bonds is 12. The Morgan fingerprint density at radius 1 is 0.848 bits per heavy atom. The molecule has 0 saturated heterocycles. The van der Waals surface area contributed by atoms with Crippen LogP contribution in [0, 0.1) is 6.92 Å². The van der Waals surface area contributed by atoms with Crippen LogP contribution in [0.15, 0.2) is 108 Å². The van der Waals surface area contributed by atoms with Gasteiger partial charge < -0.3 is 15.0 Å². The van der Waals surface area contributed by atoms with Crippen molar-refractivity contribution in [3.05, 3.63) is 125 Å². The lowest BCUT2D eigenvalue weighted by atomic mass is 10.0. The minimum absolute atomic E-state index is 0.0391. The molecular weight excluding hydrogens is 622 g/mol. The maximum atomic E-state index is 14.5. The third-order valence-corrected chi connectivity index (χ3v) is 9.32. The molecule has 0 bridgehead atoms. The van der Waals surface area contributed by atoms with Crippen molar-refractivity contribution in [2.75, 3.05) is 18.0 Å². The molecular formula is C36H40ClN3O5S. The normalized spacial score (nSPS) is 12.2. The summed E-state index contributed by atoms with van der Waals surface area (Å²) in [4.78, 5) is 30.0. The lowest BCUT2D eigenvalue weighted by molar-refractivity contribution is -0.140. The van der Waals surface area contributed by atoms with Gasteiger partial charge in [0.1, 0.15) is 18.3 Å². The highest BCUT2D eigenvalue weighted by molar-refractivity contribution is 7.92. The van der Waals surface area contributed by atoms with Crippen molar-refractivity contribution in [1.29, 1.82) is 0 Å². The summed E-state index contributed by atoms with van der Waals surface area (Å²) in [5, 5.41) is 3.56. The van der Waals surface area contributed by atoms with E-state index in [2.05, 4.69) is 5.32 Å². The molecule has 4 rings (SSSR count). The molecule has 0 heterocycles. The number of ether oxygens (including phenoxy) is 1. The first-order valence-electron chi connectivity index (χ1n) is 14.9. The molecule has 8 nitrogen and oxygen atoms in total. The zero-order chi connectivity index (χ0) is 33.5. The van der Waals surface area contributed by atoms with Crippen molar-refractivity contribution >= 4 is 39.1 Å². The van der Waals surface area contributed by atoms with Crippen LogP contribution in [0.2, 0.25) is 5.02 Å². The summed E-state index contributed by atoms with van der Waals surface area (Å²) in [7, 11) is -2.69. The number of nitrogens with one attached hydrogen (secondary N) is 1. The molecule has 10 heteroatoms. The van der Waals surface area contributed by atoms with Crippen LogP contribution in [-0.2, 0) is 32.6 Å². The van der Waals surface area contributed by atoms with Crippen LogP contribution in [0.5, 0.6) is 5.75 Å². The Bertz CT molecular complexity index is 1720. The van der Waals surface area contributed by atoms with Crippen LogP contribution in [0.25, 0.3) is 0 Å². The average molecular weight is 662 g/mol. The van der Waals surface area contributed by atoms with Gasteiger partial charge in [-0.1, -0.05) is 71.8 Å². The van der Waals surface area contributed by atoms with E-state index in [-0.39, 0.29) is 29.5 Å². The maximum Gasteiger partial charge on any atom is 0.264 e. The largest absolute Gasteiger partial charge is 0.497 e. The predicted molar refractivity (Wildman–Crippen MR) is 183 cm³/mol. The van der Waals surface area contributed by atoms with Gasteiger partial charge in [-0.2, -0.15) is 0 Å². The van der Waals surface area contributed by atoms with Crippen LogP contribution >= 0.6 is 11.6 Å². The Kier molecular flexibility index (Phi) is 11.1. The van der Waals surface area contributed by atoms with Gasteiger partial charge in [0.15, 0.2) is 0 Å². The van der Waals surface area contributed by atoms with Gasteiger partial charge in [-0.15, -0.1) is 0 Å². The second-order valence-corrected chi connectivity index (χ2v) is 14.4. The number of amides is 2. The molecule has 0 aliphatic rings. The summed E-state index contributed by atoms with van der Waals surface area (Å²) in [6.07, 6.45) is 0.218. The smallest absolute Gasteiger partial charge is 0.264 e. The van der Waals surface area contributed by atoms with Crippen LogP contribution in [-0.4, -0.2) is 50.4 Å². The molecule has 4 aromatic carbocycles. The van der Waals surface area contributed by atoms with E-state index in [9.17, 15) is 18.0 Å². The molecule has 2 amide bonds. The second kappa shape index (κ2) is 14.8. The molecule has 0 aliphatic carbocycles. The number of benzene rings is 4. The van der Waals surface area contributed by atoms with Gasteiger partial charge >= 0.3 is 0 Å². The van der Waals surface area contributed by atoms with Crippen LogP contribution in [0.1, 0.15) is 37.5 Å². The Labute approximate surface area is 277 Å². The summed E-state index contributed by atoms with van der Waals surface area (Å²) in [6, 6.07) is 28.4. The van der Waals surface area contributed by atoms with Gasteiger partial charge in [0.25, 0.3) is 10.0 Å². The summed E-state index contributed by atoms with van der Waals surface area (Å²) >= 11 is 6.15. The van der Waals surface area contributed by atoms with Crippen molar-refractivity contribution in [2.24, 2.45) is 0 Å². The van der Waals surface area contributed by atoms with Gasteiger partial charge in [-0.25, -0.2) is 8.42 Å². The van der Waals surface area contributed by atoms with Crippen molar-refractivity contribution < 1.29 is 22.7 Å². The van der Waals surface area contributed by atoms with Crippen molar-refractivity contribution in [3.8, 4) is 5.75 Å². The summed E-state index contributed by atoms with van der Waals surface area (Å²) in [5.74, 6) is -0.364. The SMILES string of the molecule is COc1ccc(N(CC(=O)N(Cc2ccc(Cl)cc2)[C@H](Cc2ccccc2)C(=O)NC(C)(C)C)S(=O)(=O)c2ccc(C)cc2)cc1. The Morgan fingerprint density at radius 3 is 2.02 bits per heavy atom. The summed E-state index contributed by atoms with van der Waals surface area (Å²) < 4.78 is 34.7. The third kappa shape index (κ3) is 9.11. The standard InChI is InChI=1S/C36H40ClN3O5S/c1-26-11-21-32(22-12-26)46(43,44)40(30-17-19-31(45-5)20-18-30)25-34(41)39(24-28-13-15-29(37)16-14-28)33(35(42)38-36(2,3)4)23-27-9-7-6-8-10-27/h6-22,33H,23-25H2,1-5H3,(H,38,42)/t33-/m1/s1. The average Bonchev–Trinajstić information content (AvgIpc) is 3.02. The highest BCUT2D eigenvalue weighted by Crippen LogP contribution is 2.27. The molecule has 46 heavy (non-hydrogen) atoms. The fourth-order valence-corrected chi connectivity index (χ4v) is 6.45. The summed E-state index contributed by atoms with van der Waals surface area (Å²) in [6.45, 7) is 6.97. The minimum atomic E-state index is -4.20. The van der Waals surface area contributed by atoms with Crippen molar-refractivity contribution in [1.82, 2.24) is 10.2 Å². The van der Waals surface area contributed by atoms with Crippen molar-refractivity contribution in [2.45, 2.75) is 57.1 Å². The van der Waals surface area contributed by atoms with Crippen LogP contribution in [0.4, 0.5) is 5.69 Å². The highest BCUT2D eigenvalue weighted by atomic mass is 35.5. The van der Waals surface area contributed by atoms with Gasteiger partial charge in [-0.05, 0) is 87.4 Å². The Balaban J connectivity index is 1.81. The van der Waals surface area contributed by atoms with Gasteiger partial charge in [0.2, 0.25) is 11.8 Å². The molecule has 0 unspecified atom stereocenters. The topological polar surface area (TPSA) is 96.0 Å². The number of nitrogens with zero attached hydrogens (tertiary/aromatic N) is 2. The number of anilines is 1. The van der Waals surface area contributed by atoms with Crippen LogP contribution < -0.4 is 14.4 Å². The first-order valence-corrected chi connectivity index (χ1v) is 16.7. The Morgan fingerprint density at radius 2 is 1.46 bits per heavy atom. The van der Waals surface area contributed by atoms with E-state index in [1.165, 1.54) is 24.1 Å². The maximum absolute atomic E-state index is 14.5. The molecule has 0 spiro atoms. The molecule has 0 radical (unpaired) electrons. The van der Waals surface area contributed by atoms with Gasteiger partial charge in [0, 0.05) is 23.5 Å². The van der Waals surface area contributed by atoms with Gasteiger partial charge in [-0.3, -0.25) is 13.9 Å². The molecule has 242 valence electrons. The molecule has 0 saturated carbocycles. The van der Waals surface area contributed by atoms with E-state index < -0.39 is 34.1 Å². The number of aryl methyl sites for hydroxylation is 1. The number of carbonyl (C=O) groups is 2. The molecule has 0 aliphatic heterocycles. The minimum Gasteiger partial charge on any atom is -0.497 e. The predicted octanol–water partition coefficient (Wildman–Crippen LogP) is 6.41. The van der Waals surface area contributed by atoms with E-state index in [1.54, 1.807) is 60.7 Å². The first kappa shape index (κ1) is 34.5. The second-order valence-electron chi connectivity index (χ2n) is 12.1. The number of methoxy groups -OCH3 is 1. The number of carbonyl (C=O) groups excluding carboxylic acids is 2. The number of halogens is 1. The van der Waals surface area contributed by atoms with E-state index in [0.717, 1.165) is 21.0 Å². The molecule has 0 fully saturated rings. The zero-order valence-electron chi connectivity index (χ0n) is 26.7. The molecule has 4 aromatic rings. The molecule has 0 aromatic heterocycles. The first-order chi connectivity index (χ1) is 21.8. The molecule has 1 N–H and O–H groups in total. The fraction of sp³-hybridized carbons (Fsp3) is 0.278. The zero-order valence-corrected chi connectivity index (χ0v) is 28.3. The van der Waals surface area contributed by atoms with Crippen LogP contribution in [0.3, 0.4) is 0 Å². The number of sulfonamides is 1. The van der Waals surface area contributed by atoms with Crippen molar-refractivity contribution in [3.63, 3.8) is 0 Å². The Hall–Kier alpha value is -4.34. The quantitative estimate of drug-likeness (QED) is 0.189. The number of hydrogen-bond donors (Lipinski definition) is 1. The monoisotopic (exact) mass is 661 g/mol. The van der Waals surface area contributed by atoms with E-state index in [0.29, 0.717) is 10.8 Å². The highest BCUT2D eigenvalue weighted by Gasteiger charge is 2.35. The molecule has 1 atom stereocenters. The van der Waals surface area contributed by atoms with E-state index in [4.69, 9.17) is 16.3 Å². The fourth-order valence-electron chi connectivity index (χ4n) is 4.91.